The molecule has 2 aromatic rings. The first-order chi connectivity index (χ1) is 11.9. The van der Waals surface area contributed by atoms with Crippen molar-refractivity contribution in [2.45, 2.75) is 20.3 Å². The van der Waals surface area contributed by atoms with E-state index in [-0.39, 0.29) is 17.5 Å². The zero-order valence-electron chi connectivity index (χ0n) is 14.1. The predicted octanol–water partition coefficient (Wildman–Crippen LogP) is 2.50. The van der Waals surface area contributed by atoms with E-state index >= 15 is 0 Å². The first kappa shape index (κ1) is 17.1. The monoisotopic (exact) mass is 345 g/mol. The number of carboxylic acids is 1. The Hall–Kier alpha value is -2.70. The lowest BCUT2D eigenvalue weighted by Crippen LogP contribution is -2.45. The molecule has 2 heterocycles. The van der Waals surface area contributed by atoms with E-state index in [2.05, 4.69) is 5.10 Å². The molecule has 25 heavy (non-hydrogen) atoms. The summed E-state index contributed by atoms with van der Waals surface area (Å²) in [6, 6.07) is 6.25. The summed E-state index contributed by atoms with van der Waals surface area (Å²) in [5, 5.41) is 13.4. The van der Waals surface area contributed by atoms with E-state index in [1.807, 2.05) is 6.92 Å². The smallest absolute Gasteiger partial charge is 0.306 e. The van der Waals surface area contributed by atoms with E-state index in [1.54, 1.807) is 30.0 Å². The standard InChI is InChI=1S/C18H20FN3O3/c1-11-10-21(8-7-13(11)18(24)25)17(23)14-9-20-22(12(14)2)16-6-4-3-5-15(16)19/h3-6,9,11,13H,7-8,10H2,1-2H3,(H,24,25). The number of benzene rings is 1. The fraction of sp³-hybridized carbons (Fsp3) is 0.389. The molecule has 0 bridgehead atoms. The van der Waals surface area contributed by atoms with Crippen LogP contribution in [0, 0.1) is 24.6 Å². The van der Waals surface area contributed by atoms with Crippen LogP contribution in [0.1, 0.15) is 29.4 Å². The number of halogens is 1. The highest BCUT2D eigenvalue weighted by atomic mass is 19.1. The van der Waals surface area contributed by atoms with Gasteiger partial charge in [-0.05, 0) is 31.4 Å². The van der Waals surface area contributed by atoms with Gasteiger partial charge in [0, 0.05) is 13.1 Å². The van der Waals surface area contributed by atoms with Crippen molar-refractivity contribution < 1.29 is 19.1 Å². The fourth-order valence-corrected chi connectivity index (χ4v) is 3.35. The van der Waals surface area contributed by atoms with Gasteiger partial charge in [-0.1, -0.05) is 19.1 Å². The molecule has 1 N–H and O–H groups in total. The zero-order chi connectivity index (χ0) is 18.1. The van der Waals surface area contributed by atoms with Crippen LogP contribution in [0.4, 0.5) is 4.39 Å². The lowest BCUT2D eigenvalue weighted by Gasteiger charge is -2.34. The van der Waals surface area contributed by atoms with Crippen LogP contribution in [0.3, 0.4) is 0 Å². The number of piperidine rings is 1. The predicted molar refractivity (Wildman–Crippen MR) is 89.1 cm³/mol. The summed E-state index contributed by atoms with van der Waals surface area (Å²) in [6.07, 6.45) is 1.88. The van der Waals surface area contributed by atoms with Gasteiger partial charge in [-0.15, -0.1) is 0 Å². The minimum Gasteiger partial charge on any atom is -0.481 e. The molecule has 1 aliphatic heterocycles. The van der Waals surface area contributed by atoms with Gasteiger partial charge in [0.05, 0.1) is 23.4 Å². The average molecular weight is 345 g/mol. The number of carbonyl (C=O) groups excluding carboxylic acids is 1. The molecule has 2 atom stereocenters. The third-order valence-electron chi connectivity index (χ3n) is 4.83. The number of hydrogen-bond acceptors (Lipinski definition) is 3. The number of hydrogen-bond donors (Lipinski definition) is 1. The van der Waals surface area contributed by atoms with Crippen molar-refractivity contribution in [2.75, 3.05) is 13.1 Å². The third-order valence-corrected chi connectivity index (χ3v) is 4.83. The number of aromatic nitrogens is 2. The lowest BCUT2D eigenvalue weighted by atomic mass is 9.87. The third kappa shape index (κ3) is 3.14. The summed E-state index contributed by atoms with van der Waals surface area (Å²) in [4.78, 5) is 25.7. The lowest BCUT2D eigenvalue weighted by molar-refractivity contribution is -0.145. The number of carboxylic acid groups (broad SMARTS) is 1. The Morgan fingerprint density at radius 3 is 2.68 bits per heavy atom. The molecule has 0 saturated carbocycles. The molecule has 3 rings (SSSR count). The minimum absolute atomic E-state index is 0.114. The van der Waals surface area contributed by atoms with Crippen molar-refractivity contribution in [3.05, 3.63) is 47.5 Å². The van der Waals surface area contributed by atoms with Gasteiger partial charge < -0.3 is 10.0 Å². The quantitative estimate of drug-likeness (QED) is 0.927. The molecule has 0 spiro atoms. The van der Waals surface area contributed by atoms with E-state index < -0.39 is 17.7 Å². The molecule has 132 valence electrons. The Bertz CT molecular complexity index is 818. The van der Waals surface area contributed by atoms with Gasteiger partial charge >= 0.3 is 5.97 Å². The van der Waals surface area contributed by atoms with Crippen molar-refractivity contribution >= 4 is 11.9 Å². The molecule has 0 aliphatic carbocycles. The van der Waals surface area contributed by atoms with Crippen molar-refractivity contribution in [3.63, 3.8) is 0 Å². The van der Waals surface area contributed by atoms with Crippen LogP contribution >= 0.6 is 0 Å². The molecular weight excluding hydrogens is 325 g/mol. The molecular formula is C18H20FN3O3. The number of likely N-dealkylation sites (tertiary alicyclic amines) is 1. The molecule has 0 radical (unpaired) electrons. The summed E-state index contributed by atoms with van der Waals surface area (Å²) in [7, 11) is 0. The molecule has 1 aliphatic rings. The van der Waals surface area contributed by atoms with E-state index in [9.17, 15) is 19.1 Å². The average Bonchev–Trinajstić information content (AvgIpc) is 2.95. The molecule has 1 aromatic heterocycles. The second kappa shape index (κ2) is 6.66. The van der Waals surface area contributed by atoms with Crippen molar-refractivity contribution in [1.82, 2.24) is 14.7 Å². The van der Waals surface area contributed by atoms with Crippen molar-refractivity contribution in [1.29, 1.82) is 0 Å². The van der Waals surface area contributed by atoms with E-state index in [4.69, 9.17) is 0 Å². The number of amides is 1. The number of para-hydroxylation sites is 1. The van der Waals surface area contributed by atoms with Crippen LogP contribution in [0.15, 0.2) is 30.5 Å². The van der Waals surface area contributed by atoms with Gasteiger partial charge in [0.2, 0.25) is 0 Å². The maximum Gasteiger partial charge on any atom is 0.306 e. The van der Waals surface area contributed by atoms with Gasteiger partial charge in [0.15, 0.2) is 0 Å². The van der Waals surface area contributed by atoms with Gasteiger partial charge in [-0.25, -0.2) is 9.07 Å². The van der Waals surface area contributed by atoms with E-state index in [1.165, 1.54) is 16.9 Å². The Morgan fingerprint density at radius 1 is 1.32 bits per heavy atom. The van der Waals surface area contributed by atoms with Gasteiger partial charge in [0.25, 0.3) is 5.91 Å². The summed E-state index contributed by atoms with van der Waals surface area (Å²) in [5.41, 5.74) is 1.25. The largest absolute Gasteiger partial charge is 0.481 e. The van der Waals surface area contributed by atoms with E-state index in [0.29, 0.717) is 30.8 Å². The summed E-state index contributed by atoms with van der Waals surface area (Å²) < 4.78 is 15.4. The van der Waals surface area contributed by atoms with Crippen LogP contribution in [-0.4, -0.2) is 44.8 Å². The number of nitrogens with zero attached hydrogens (tertiary/aromatic N) is 3. The molecule has 1 saturated heterocycles. The number of carbonyl (C=O) groups is 2. The second-order valence-electron chi connectivity index (χ2n) is 6.47. The normalized spacial score (nSPS) is 20.5. The Morgan fingerprint density at radius 2 is 2.04 bits per heavy atom. The van der Waals surface area contributed by atoms with Crippen LogP contribution in [0.5, 0.6) is 0 Å². The molecule has 7 heteroatoms. The molecule has 1 aromatic carbocycles. The first-order valence-corrected chi connectivity index (χ1v) is 8.21. The van der Waals surface area contributed by atoms with Crippen LogP contribution in [-0.2, 0) is 4.79 Å². The first-order valence-electron chi connectivity index (χ1n) is 8.21. The highest BCUT2D eigenvalue weighted by Gasteiger charge is 2.34. The van der Waals surface area contributed by atoms with Crippen LogP contribution < -0.4 is 0 Å². The zero-order valence-corrected chi connectivity index (χ0v) is 14.1. The molecule has 2 unspecified atom stereocenters. The second-order valence-corrected chi connectivity index (χ2v) is 6.47. The molecule has 1 fully saturated rings. The van der Waals surface area contributed by atoms with Crippen LogP contribution in [0.25, 0.3) is 5.69 Å². The maximum absolute atomic E-state index is 14.0. The van der Waals surface area contributed by atoms with Gasteiger partial charge in [-0.2, -0.15) is 5.10 Å². The van der Waals surface area contributed by atoms with Gasteiger partial charge in [-0.3, -0.25) is 9.59 Å². The maximum atomic E-state index is 14.0. The number of aliphatic carboxylic acids is 1. The Balaban J connectivity index is 1.83. The van der Waals surface area contributed by atoms with E-state index in [0.717, 1.165) is 0 Å². The highest BCUT2D eigenvalue weighted by Crippen LogP contribution is 2.26. The fourth-order valence-electron chi connectivity index (χ4n) is 3.35. The summed E-state index contributed by atoms with van der Waals surface area (Å²) in [6.45, 7) is 4.35. The van der Waals surface area contributed by atoms with Crippen molar-refractivity contribution in [2.24, 2.45) is 11.8 Å². The Kier molecular flexibility index (Phi) is 4.57. The SMILES string of the molecule is Cc1c(C(=O)N2CCC(C(=O)O)C(C)C2)cnn1-c1ccccc1F. The summed E-state index contributed by atoms with van der Waals surface area (Å²) in [5.74, 6) is -1.97. The van der Waals surface area contributed by atoms with Gasteiger partial charge in [0.1, 0.15) is 11.5 Å². The Labute approximate surface area is 144 Å². The van der Waals surface area contributed by atoms with Crippen molar-refractivity contribution in [3.8, 4) is 5.69 Å². The minimum atomic E-state index is -0.817. The highest BCUT2D eigenvalue weighted by molar-refractivity contribution is 5.95. The van der Waals surface area contributed by atoms with Crippen LogP contribution in [0.2, 0.25) is 0 Å². The topological polar surface area (TPSA) is 75.4 Å². The molecule has 6 nitrogen and oxygen atoms in total. The molecule has 1 amide bonds. The summed E-state index contributed by atoms with van der Waals surface area (Å²) >= 11 is 0. The number of rotatable bonds is 3.